The standard InChI is InChI=1S/C10H11ClN2O4/c11-6-2-1-5(3-7(6)12)9(15)13-4-8(14)10(16)17/h1-3,8,14H,4,12H2,(H,13,15)(H,16,17)/t8-/m0/s1. The summed E-state index contributed by atoms with van der Waals surface area (Å²) >= 11 is 5.68. The Hall–Kier alpha value is -1.79. The predicted molar refractivity (Wildman–Crippen MR) is 61.8 cm³/mol. The van der Waals surface area contributed by atoms with E-state index in [1.54, 1.807) is 0 Å². The number of anilines is 1. The Bertz CT molecular complexity index is 450. The molecule has 17 heavy (non-hydrogen) atoms. The number of aliphatic hydroxyl groups excluding tert-OH is 1. The number of hydrogen-bond acceptors (Lipinski definition) is 4. The Morgan fingerprint density at radius 3 is 2.65 bits per heavy atom. The van der Waals surface area contributed by atoms with E-state index in [0.717, 1.165) is 0 Å². The Labute approximate surface area is 102 Å². The quantitative estimate of drug-likeness (QED) is 0.572. The van der Waals surface area contributed by atoms with Crippen LogP contribution in [0.5, 0.6) is 0 Å². The van der Waals surface area contributed by atoms with Crippen LogP contribution in [0.4, 0.5) is 5.69 Å². The fourth-order valence-corrected chi connectivity index (χ4v) is 1.18. The fraction of sp³-hybridized carbons (Fsp3) is 0.200. The molecule has 0 heterocycles. The number of aliphatic carboxylic acids is 1. The second kappa shape index (κ2) is 5.51. The number of aliphatic hydroxyl groups is 1. The van der Waals surface area contributed by atoms with Crippen LogP contribution in [0, 0.1) is 0 Å². The average molecular weight is 259 g/mol. The first-order valence-corrected chi connectivity index (χ1v) is 5.03. The highest BCUT2D eigenvalue weighted by Crippen LogP contribution is 2.19. The maximum Gasteiger partial charge on any atom is 0.334 e. The largest absolute Gasteiger partial charge is 0.479 e. The van der Waals surface area contributed by atoms with E-state index in [1.807, 2.05) is 0 Å². The molecule has 7 heteroatoms. The molecule has 0 bridgehead atoms. The first-order chi connectivity index (χ1) is 7.91. The van der Waals surface area contributed by atoms with E-state index in [9.17, 15) is 9.59 Å². The smallest absolute Gasteiger partial charge is 0.334 e. The third kappa shape index (κ3) is 3.61. The summed E-state index contributed by atoms with van der Waals surface area (Å²) in [6.45, 7) is -0.378. The molecule has 6 nitrogen and oxygen atoms in total. The Kier molecular flexibility index (Phi) is 4.30. The number of benzene rings is 1. The lowest BCUT2D eigenvalue weighted by Crippen LogP contribution is -2.36. The van der Waals surface area contributed by atoms with Crippen molar-refractivity contribution in [2.24, 2.45) is 0 Å². The first kappa shape index (κ1) is 13.3. The molecule has 0 aliphatic carbocycles. The van der Waals surface area contributed by atoms with Crippen molar-refractivity contribution in [3.8, 4) is 0 Å². The molecule has 0 aliphatic heterocycles. The number of carboxylic acids is 1. The lowest BCUT2D eigenvalue weighted by molar-refractivity contribution is -0.146. The van der Waals surface area contributed by atoms with Gasteiger partial charge in [-0.15, -0.1) is 0 Å². The van der Waals surface area contributed by atoms with Crippen LogP contribution >= 0.6 is 11.6 Å². The van der Waals surface area contributed by atoms with Gasteiger partial charge in [0, 0.05) is 5.56 Å². The van der Waals surface area contributed by atoms with Gasteiger partial charge in [-0.25, -0.2) is 4.79 Å². The number of carboxylic acid groups (broad SMARTS) is 1. The molecule has 1 amide bonds. The summed E-state index contributed by atoms with van der Waals surface area (Å²) in [5, 5.41) is 20.0. The van der Waals surface area contributed by atoms with Crippen molar-refractivity contribution in [3.05, 3.63) is 28.8 Å². The van der Waals surface area contributed by atoms with Crippen molar-refractivity contribution in [2.45, 2.75) is 6.10 Å². The van der Waals surface area contributed by atoms with Crippen molar-refractivity contribution < 1.29 is 19.8 Å². The molecule has 5 N–H and O–H groups in total. The molecule has 0 aliphatic rings. The third-order valence-corrected chi connectivity index (χ3v) is 2.34. The lowest BCUT2D eigenvalue weighted by Gasteiger charge is -2.08. The molecule has 1 atom stereocenters. The number of rotatable bonds is 4. The van der Waals surface area contributed by atoms with Gasteiger partial charge in [0.1, 0.15) is 0 Å². The first-order valence-electron chi connectivity index (χ1n) is 4.66. The van der Waals surface area contributed by atoms with Gasteiger partial charge in [0.2, 0.25) is 0 Å². The molecule has 0 aromatic heterocycles. The number of hydrogen-bond donors (Lipinski definition) is 4. The molecule has 1 aromatic rings. The van der Waals surface area contributed by atoms with Crippen molar-refractivity contribution in [1.29, 1.82) is 0 Å². The molecule has 92 valence electrons. The summed E-state index contributed by atoms with van der Waals surface area (Å²) in [5.41, 5.74) is 6.00. The topological polar surface area (TPSA) is 113 Å². The van der Waals surface area contributed by atoms with Gasteiger partial charge >= 0.3 is 5.97 Å². The van der Waals surface area contributed by atoms with Gasteiger partial charge in [0.05, 0.1) is 17.3 Å². The van der Waals surface area contributed by atoms with Gasteiger partial charge in [0.15, 0.2) is 6.10 Å². The van der Waals surface area contributed by atoms with Crippen molar-refractivity contribution in [1.82, 2.24) is 5.32 Å². The molecule has 0 unspecified atom stereocenters. The molecule has 0 saturated heterocycles. The average Bonchev–Trinajstić information content (AvgIpc) is 2.28. The molecule has 1 rings (SSSR count). The maximum atomic E-state index is 11.5. The number of amides is 1. The Morgan fingerprint density at radius 1 is 1.47 bits per heavy atom. The van der Waals surface area contributed by atoms with Gasteiger partial charge in [-0.2, -0.15) is 0 Å². The highest BCUT2D eigenvalue weighted by Gasteiger charge is 2.15. The van der Waals surface area contributed by atoms with Crippen LogP contribution in [-0.2, 0) is 4.79 Å². The van der Waals surface area contributed by atoms with Crippen LogP contribution in [0.25, 0.3) is 0 Å². The number of nitrogen functional groups attached to an aromatic ring is 1. The van der Waals surface area contributed by atoms with Crippen LogP contribution in [0.3, 0.4) is 0 Å². The van der Waals surface area contributed by atoms with Crippen LogP contribution in [0.1, 0.15) is 10.4 Å². The maximum absolute atomic E-state index is 11.5. The van der Waals surface area contributed by atoms with Gasteiger partial charge in [-0.1, -0.05) is 11.6 Å². The van der Waals surface area contributed by atoms with E-state index in [2.05, 4.69) is 5.32 Å². The fourth-order valence-electron chi connectivity index (χ4n) is 1.06. The molecule has 0 fully saturated rings. The van der Waals surface area contributed by atoms with Crippen LogP contribution in [-0.4, -0.2) is 34.7 Å². The highest BCUT2D eigenvalue weighted by atomic mass is 35.5. The van der Waals surface area contributed by atoms with Gasteiger partial charge < -0.3 is 21.3 Å². The molecule has 0 radical (unpaired) electrons. The predicted octanol–water partition coefficient (Wildman–Crippen LogP) is 0.0975. The summed E-state index contributed by atoms with van der Waals surface area (Å²) in [6.07, 6.45) is -1.64. The van der Waals surface area contributed by atoms with Crippen LogP contribution < -0.4 is 11.1 Å². The molecular formula is C10H11ClN2O4. The minimum atomic E-state index is -1.64. The summed E-state index contributed by atoms with van der Waals surface area (Å²) in [7, 11) is 0. The van der Waals surface area contributed by atoms with Crippen molar-refractivity contribution in [3.63, 3.8) is 0 Å². The van der Waals surface area contributed by atoms with Gasteiger partial charge in [-0.3, -0.25) is 4.79 Å². The Balaban J connectivity index is 2.64. The zero-order chi connectivity index (χ0) is 13.0. The normalized spacial score (nSPS) is 11.9. The summed E-state index contributed by atoms with van der Waals surface area (Å²) in [6, 6.07) is 4.27. The van der Waals surface area contributed by atoms with Crippen molar-refractivity contribution in [2.75, 3.05) is 12.3 Å². The number of carbonyl (C=O) groups excluding carboxylic acids is 1. The van der Waals surface area contributed by atoms with E-state index in [-0.39, 0.29) is 17.8 Å². The number of carbonyl (C=O) groups is 2. The minimum Gasteiger partial charge on any atom is -0.479 e. The molecule has 0 saturated carbocycles. The summed E-state index contributed by atoms with van der Waals surface area (Å²) in [4.78, 5) is 21.8. The van der Waals surface area contributed by atoms with E-state index in [4.69, 9.17) is 27.5 Å². The van der Waals surface area contributed by atoms with Crippen molar-refractivity contribution >= 4 is 29.2 Å². The van der Waals surface area contributed by atoms with Gasteiger partial charge in [-0.05, 0) is 18.2 Å². The molecule has 0 spiro atoms. The lowest BCUT2D eigenvalue weighted by atomic mass is 10.2. The Morgan fingerprint density at radius 2 is 2.12 bits per heavy atom. The third-order valence-electron chi connectivity index (χ3n) is 2.00. The van der Waals surface area contributed by atoms with E-state index < -0.39 is 18.0 Å². The monoisotopic (exact) mass is 258 g/mol. The van der Waals surface area contributed by atoms with Crippen LogP contribution in [0.15, 0.2) is 18.2 Å². The minimum absolute atomic E-state index is 0.240. The zero-order valence-electron chi connectivity index (χ0n) is 8.68. The number of halogens is 1. The highest BCUT2D eigenvalue weighted by molar-refractivity contribution is 6.33. The number of nitrogens with one attached hydrogen (secondary N) is 1. The van der Waals surface area contributed by atoms with Crippen LogP contribution in [0.2, 0.25) is 5.02 Å². The summed E-state index contributed by atoms with van der Waals surface area (Å²) in [5.74, 6) is -1.94. The molecule has 1 aromatic carbocycles. The van der Waals surface area contributed by atoms with E-state index >= 15 is 0 Å². The summed E-state index contributed by atoms with van der Waals surface area (Å²) < 4.78 is 0. The SMILES string of the molecule is Nc1cc(C(=O)NC[C@H](O)C(=O)O)ccc1Cl. The number of nitrogens with two attached hydrogens (primary N) is 1. The van der Waals surface area contributed by atoms with Gasteiger partial charge in [0.25, 0.3) is 5.91 Å². The van der Waals surface area contributed by atoms with E-state index in [1.165, 1.54) is 18.2 Å². The second-order valence-corrected chi connectivity index (χ2v) is 3.71. The van der Waals surface area contributed by atoms with E-state index in [0.29, 0.717) is 5.02 Å². The second-order valence-electron chi connectivity index (χ2n) is 3.30. The zero-order valence-corrected chi connectivity index (χ0v) is 9.44. The molecular weight excluding hydrogens is 248 g/mol.